The van der Waals surface area contributed by atoms with Crippen molar-refractivity contribution in [2.24, 2.45) is 0 Å². The van der Waals surface area contributed by atoms with Crippen LogP contribution in [0.4, 0.5) is 13.2 Å². The molecule has 1 N–H and O–H groups in total. The quantitative estimate of drug-likeness (QED) is 0.814. The Kier molecular flexibility index (Phi) is 5.33. The largest absolute Gasteiger partial charge is 0.417 e. The number of sulfone groups is 1. The minimum Gasteiger partial charge on any atom is -0.313 e. The fourth-order valence-electron chi connectivity index (χ4n) is 3.14. The lowest BCUT2D eigenvalue weighted by molar-refractivity contribution is -0.137. The first kappa shape index (κ1) is 19.2. The molecule has 2 aromatic carbocycles. The van der Waals surface area contributed by atoms with Gasteiger partial charge in [-0.25, -0.2) is 8.42 Å². The van der Waals surface area contributed by atoms with Crippen molar-refractivity contribution in [3.8, 4) is 11.1 Å². The molecule has 1 heterocycles. The van der Waals surface area contributed by atoms with Crippen LogP contribution in [0.25, 0.3) is 11.1 Å². The van der Waals surface area contributed by atoms with Crippen molar-refractivity contribution in [1.29, 1.82) is 0 Å². The third-order valence-corrected chi connectivity index (χ3v) is 6.55. The van der Waals surface area contributed by atoms with Crippen molar-refractivity contribution >= 4 is 21.4 Å². The molecule has 1 aliphatic heterocycles. The number of rotatable bonds is 4. The van der Waals surface area contributed by atoms with Crippen LogP contribution in [0, 0.1) is 0 Å². The molecule has 8 heteroatoms. The molecule has 3 rings (SSSR count). The van der Waals surface area contributed by atoms with Gasteiger partial charge < -0.3 is 5.32 Å². The van der Waals surface area contributed by atoms with E-state index in [0.717, 1.165) is 25.5 Å². The summed E-state index contributed by atoms with van der Waals surface area (Å²) in [5, 5.41) is 3.09. The SMILES string of the molecule is O=S(=O)(C[C@@H]1CCCN1)c1ccc(-c2c(Cl)cccc2C(F)(F)F)cc1. The van der Waals surface area contributed by atoms with Gasteiger partial charge in [0, 0.05) is 16.6 Å². The van der Waals surface area contributed by atoms with Crippen LogP contribution in [-0.4, -0.2) is 26.8 Å². The summed E-state index contributed by atoms with van der Waals surface area (Å²) in [6.45, 7) is 0.797. The van der Waals surface area contributed by atoms with Crippen LogP contribution in [0.15, 0.2) is 47.4 Å². The van der Waals surface area contributed by atoms with E-state index in [1.54, 1.807) is 0 Å². The van der Waals surface area contributed by atoms with Crippen LogP contribution in [0.5, 0.6) is 0 Å². The van der Waals surface area contributed by atoms with E-state index >= 15 is 0 Å². The topological polar surface area (TPSA) is 46.2 Å². The standard InChI is InChI=1S/C18H17ClF3NO2S/c19-16-5-1-4-15(18(20,21)22)17(16)12-6-8-14(9-7-12)26(24,25)11-13-3-2-10-23-13/h1,4-9,13,23H,2-3,10-11H2/t13-/m0/s1. The molecule has 0 saturated carbocycles. The highest BCUT2D eigenvalue weighted by molar-refractivity contribution is 7.91. The molecule has 1 atom stereocenters. The molecular weight excluding hydrogens is 387 g/mol. The van der Waals surface area contributed by atoms with Gasteiger partial charge in [-0.2, -0.15) is 13.2 Å². The highest BCUT2D eigenvalue weighted by atomic mass is 35.5. The van der Waals surface area contributed by atoms with E-state index in [-0.39, 0.29) is 32.8 Å². The average Bonchev–Trinajstić information content (AvgIpc) is 3.06. The number of nitrogens with one attached hydrogen (secondary N) is 1. The Morgan fingerprint density at radius 2 is 1.81 bits per heavy atom. The second-order valence-corrected chi connectivity index (χ2v) is 8.70. The Balaban J connectivity index is 1.94. The van der Waals surface area contributed by atoms with Gasteiger partial charge in [-0.05, 0) is 49.2 Å². The fourth-order valence-corrected chi connectivity index (χ4v) is 4.98. The van der Waals surface area contributed by atoms with Crippen LogP contribution in [-0.2, 0) is 16.0 Å². The predicted molar refractivity (Wildman–Crippen MR) is 95.0 cm³/mol. The minimum absolute atomic E-state index is 0.0216. The van der Waals surface area contributed by atoms with Gasteiger partial charge in [0.2, 0.25) is 0 Å². The second-order valence-electron chi connectivity index (χ2n) is 6.26. The molecule has 2 aromatic rings. The first-order chi connectivity index (χ1) is 12.2. The Morgan fingerprint density at radius 1 is 1.12 bits per heavy atom. The number of benzene rings is 2. The molecular formula is C18H17ClF3NO2S. The van der Waals surface area contributed by atoms with E-state index in [1.807, 2.05) is 0 Å². The highest BCUT2D eigenvalue weighted by Gasteiger charge is 2.34. The summed E-state index contributed by atoms with van der Waals surface area (Å²) in [4.78, 5) is 0.0931. The zero-order valence-corrected chi connectivity index (χ0v) is 15.3. The van der Waals surface area contributed by atoms with Gasteiger partial charge in [-0.1, -0.05) is 29.8 Å². The molecule has 140 valence electrons. The zero-order chi connectivity index (χ0) is 18.9. The van der Waals surface area contributed by atoms with Crippen molar-refractivity contribution < 1.29 is 21.6 Å². The third kappa shape index (κ3) is 4.05. The maximum Gasteiger partial charge on any atom is 0.417 e. The molecule has 0 unspecified atom stereocenters. The molecule has 26 heavy (non-hydrogen) atoms. The molecule has 0 radical (unpaired) electrons. The Bertz CT molecular complexity index is 890. The molecule has 0 aliphatic carbocycles. The van der Waals surface area contributed by atoms with Gasteiger partial charge in [0.15, 0.2) is 9.84 Å². The van der Waals surface area contributed by atoms with Crippen LogP contribution >= 0.6 is 11.6 Å². The van der Waals surface area contributed by atoms with Crippen LogP contribution in [0.3, 0.4) is 0 Å². The Morgan fingerprint density at radius 3 is 2.38 bits per heavy atom. The number of hydrogen-bond donors (Lipinski definition) is 1. The van der Waals surface area contributed by atoms with E-state index in [2.05, 4.69) is 5.32 Å². The van der Waals surface area contributed by atoms with Gasteiger partial charge in [0.1, 0.15) is 0 Å². The average molecular weight is 404 g/mol. The normalized spacial score (nSPS) is 18.2. The molecule has 1 aliphatic rings. The zero-order valence-electron chi connectivity index (χ0n) is 13.7. The van der Waals surface area contributed by atoms with Crippen LogP contribution < -0.4 is 5.32 Å². The third-order valence-electron chi connectivity index (χ3n) is 4.40. The lowest BCUT2D eigenvalue weighted by atomic mass is 9.99. The minimum atomic E-state index is -4.56. The van der Waals surface area contributed by atoms with Crippen molar-refractivity contribution in [2.75, 3.05) is 12.3 Å². The summed E-state index contributed by atoms with van der Waals surface area (Å²) >= 11 is 5.99. The monoisotopic (exact) mass is 403 g/mol. The van der Waals surface area contributed by atoms with E-state index in [0.29, 0.717) is 0 Å². The lowest BCUT2D eigenvalue weighted by Gasteiger charge is -2.15. The van der Waals surface area contributed by atoms with Crippen molar-refractivity contribution in [3.63, 3.8) is 0 Å². The molecule has 1 fully saturated rings. The van der Waals surface area contributed by atoms with E-state index in [1.165, 1.54) is 36.4 Å². The molecule has 1 saturated heterocycles. The van der Waals surface area contributed by atoms with Crippen molar-refractivity contribution in [2.45, 2.75) is 30.0 Å². The van der Waals surface area contributed by atoms with Crippen LogP contribution in [0.2, 0.25) is 5.02 Å². The lowest BCUT2D eigenvalue weighted by Crippen LogP contribution is -2.29. The Labute approximate surface area is 155 Å². The smallest absolute Gasteiger partial charge is 0.313 e. The molecule has 3 nitrogen and oxygen atoms in total. The summed E-state index contributed by atoms with van der Waals surface area (Å²) < 4.78 is 64.7. The molecule has 0 amide bonds. The van der Waals surface area contributed by atoms with Gasteiger partial charge in [-0.15, -0.1) is 0 Å². The van der Waals surface area contributed by atoms with E-state index in [9.17, 15) is 21.6 Å². The summed E-state index contributed by atoms with van der Waals surface area (Å²) in [6, 6.07) is 8.89. The first-order valence-corrected chi connectivity index (χ1v) is 10.1. The predicted octanol–water partition coefficient (Wildman–Crippen LogP) is 4.55. The van der Waals surface area contributed by atoms with Crippen LogP contribution in [0.1, 0.15) is 18.4 Å². The second kappa shape index (κ2) is 7.21. The number of alkyl halides is 3. The van der Waals surface area contributed by atoms with Gasteiger partial charge in [-0.3, -0.25) is 0 Å². The van der Waals surface area contributed by atoms with E-state index < -0.39 is 21.6 Å². The maximum atomic E-state index is 13.2. The summed E-state index contributed by atoms with van der Waals surface area (Å²) in [5.74, 6) is -0.0216. The van der Waals surface area contributed by atoms with Gasteiger partial charge >= 0.3 is 6.18 Å². The molecule has 0 spiro atoms. The van der Waals surface area contributed by atoms with Gasteiger partial charge in [0.05, 0.1) is 16.2 Å². The number of halogens is 4. The summed E-state index contributed by atoms with van der Waals surface area (Å²) in [5.41, 5.74) is -0.778. The van der Waals surface area contributed by atoms with Crippen molar-refractivity contribution in [3.05, 3.63) is 53.1 Å². The summed E-state index contributed by atoms with van der Waals surface area (Å²) in [6.07, 6.45) is -2.82. The molecule has 0 bridgehead atoms. The first-order valence-electron chi connectivity index (χ1n) is 8.11. The van der Waals surface area contributed by atoms with E-state index in [4.69, 9.17) is 11.6 Å². The van der Waals surface area contributed by atoms with Gasteiger partial charge in [0.25, 0.3) is 0 Å². The van der Waals surface area contributed by atoms with Crippen molar-refractivity contribution in [1.82, 2.24) is 5.32 Å². The molecule has 0 aromatic heterocycles. The Hall–Kier alpha value is -1.57. The number of hydrogen-bond acceptors (Lipinski definition) is 3. The fraction of sp³-hybridized carbons (Fsp3) is 0.333. The highest BCUT2D eigenvalue weighted by Crippen LogP contribution is 2.41. The maximum absolute atomic E-state index is 13.2. The summed E-state index contributed by atoms with van der Waals surface area (Å²) in [7, 11) is -3.51.